The summed E-state index contributed by atoms with van der Waals surface area (Å²) >= 11 is 0. The van der Waals surface area contributed by atoms with Gasteiger partial charge in [0, 0.05) is 5.56 Å². The normalized spacial score (nSPS) is 14.5. The van der Waals surface area contributed by atoms with E-state index >= 15 is 0 Å². The summed E-state index contributed by atoms with van der Waals surface area (Å²) in [6.45, 7) is 0. The molecule has 0 radical (unpaired) electrons. The van der Waals surface area contributed by atoms with E-state index in [9.17, 15) is 10.2 Å². The highest BCUT2D eigenvalue weighted by atomic mass is 16.3. The Bertz CT molecular complexity index is 491. The van der Waals surface area contributed by atoms with Crippen LogP contribution in [-0.2, 0) is 0 Å². The van der Waals surface area contributed by atoms with Gasteiger partial charge < -0.3 is 10.2 Å². The molecular weight excluding hydrogens is 200 g/mol. The van der Waals surface area contributed by atoms with Crippen LogP contribution in [0.25, 0.3) is 5.76 Å². The maximum atomic E-state index is 11.7. The van der Waals surface area contributed by atoms with Crippen LogP contribution in [-0.4, -0.2) is 5.11 Å². The third-order valence-corrected chi connectivity index (χ3v) is 2.29. The minimum atomic E-state index is -0.195. The van der Waals surface area contributed by atoms with Gasteiger partial charge in [-0.15, -0.1) is 0 Å². The topological polar surface area (TPSA) is 43.3 Å². The first-order valence-corrected chi connectivity index (χ1v) is 4.99. The summed E-state index contributed by atoms with van der Waals surface area (Å²) in [5.41, 5.74) is 1.30. The Morgan fingerprint density at radius 3 is 2.50 bits per heavy atom. The molecule has 1 N–H and O–H groups in total. The number of hydrogen-bond acceptors (Lipinski definition) is 2. The van der Waals surface area contributed by atoms with Crippen molar-refractivity contribution in [1.29, 1.82) is 0 Å². The van der Waals surface area contributed by atoms with E-state index < -0.39 is 0 Å². The van der Waals surface area contributed by atoms with Crippen LogP contribution in [0.3, 0.4) is 0 Å². The summed E-state index contributed by atoms with van der Waals surface area (Å²) in [7, 11) is 0. The van der Waals surface area contributed by atoms with Crippen molar-refractivity contribution in [2.75, 3.05) is 0 Å². The maximum Gasteiger partial charge on any atom is 0.122 e. The molecule has 1 aliphatic rings. The fourth-order valence-corrected chi connectivity index (χ4v) is 1.44. The van der Waals surface area contributed by atoms with E-state index in [1.54, 1.807) is 24.3 Å². The van der Waals surface area contributed by atoms with Gasteiger partial charge in [0.2, 0.25) is 0 Å². The Morgan fingerprint density at radius 1 is 1.12 bits per heavy atom. The number of rotatable bonds is 2. The first kappa shape index (κ1) is 10.3. The minimum absolute atomic E-state index is 0.0136. The molecule has 0 bridgehead atoms. The first-order chi connectivity index (χ1) is 7.77. The molecule has 0 saturated heterocycles. The average molecular weight is 211 g/mol. The van der Waals surface area contributed by atoms with Gasteiger partial charge in [0.15, 0.2) is 0 Å². The largest absolute Gasteiger partial charge is 0.872 e. The molecule has 0 aliphatic heterocycles. The Balaban J connectivity index is 2.25. The van der Waals surface area contributed by atoms with E-state index in [0.29, 0.717) is 5.56 Å². The molecule has 2 nitrogen and oxygen atoms in total. The second-order valence-electron chi connectivity index (χ2n) is 3.43. The van der Waals surface area contributed by atoms with Crippen molar-refractivity contribution < 1.29 is 10.2 Å². The molecule has 0 heterocycles. The van der Waals surface area contributed by atoms with Crippen LogP contribution in [0.2, 0.25) is 0 Å². The predicted molar refractivity (Wildman–Crippen MR) is 62.4 cm³/mol. The Kier molecular flexibility index (Phi) is 2.92. The molecule has 0 unspecified atom stereocenters. The van der Waals surface area contributed by atoms with Gasteiger partial charge in [-0.2, -0.15) is 0 Å². The molecule has 0 amide bonds. The Hall–Kier alpha value is -2.22. The minimum Gasteiger partial charge on any atom is -0.872 e. The second-order valence-corrected chi connectivity index (χ2v) is 3.43. The van der Waals surface area contributed by atoms with Crippen LogP contribution >= 0.6 is 0 Å². The third-order valence-electron chi connectivity index (χ3n) is 2.29. The summed E-state index contributed by atoms with van der Waals surface area (Å²) in [4.78, 5) is 0. The number of benzene rings is 1. The lowest BCUT2D eigenvalue weighted by Gasteiger charge is -2.12. The highest BCUT2D eigenvalue weighted by molar-refractivity contribution is 5.64. The van der Waals surface area contributed by atoms with Gasteiger partial charge in [-0.3, -0.25) is 0 Å². The average Bonchev–Trinajstić information content (AvgIpc) is 2.79. The van der Waals surface area contributed by atoms with Gasteiger partial charge >= 0.3 is 0 Å². The molecule has 1 aromatic rings. The molecule has 0 aromatic heterocycles. The number of phenolic OH excluding ortho intramolecular Hbond substituents is 1. The van der Waals surface area contributed by atoms with Crippen molar-refractivity contribution in [3.05, 3.63) is 71.9 Å². The predicted octanol–water partition coefficient (Wildman–Crippen LogP) is 2.15. The second kappa shape index (κ2) is 4.53. The van der Waals surface area contributed by atoms with E-state index in [1.165, 1.54) is 12.1 Å². The highest BCUT2D eigenvalue weighted by Crippen LogP contribution is 2.21. The SMILES string of the molecule is [O-]C(=CC=C1C=CC=C1)c1ccccc1O. The Labute approximate surface area is 94.2 Å². The molecule has 0 fully saturated rings. The first-order valence-electron chi connectivity index (χ1n) is 4.99. The van der Waals surface area contributed by atoms with Gasteiger partial charge in [-0.25, -0.2) is 0 Å². The van der Waals surface area contributed by atoms with Crippen molar-refractivity contribution >= 4 is 5.76 Å². The van der Waals surface area contributed by atoms with E-state index in [-0.39, 0.29) is 11.5 Å². The van der Waals surface area contributed by atoms with Crippen LogP contribution in [0.1, 0.15) is 5.56 Å². The molecule has 80 valence electrons. The zero-order chi connectivity index (χ0) is 11.4. The highest BCUT2D eigenvalue weighted by Gasteiger charge is 1.96. The van der Waals surface area contributed by atoms with Crippen molar-refractivity contribution in [3.8, 4) is 5.75 Å². The molecule has 16 heavy (non-hydrogen) atoms. The van der Waals surface area contributed by atoms with E-state index in [4.69, 9.17) is 0 Å². The lowest BCUT2D eigenvalue weighted by Crippen LogP contribution is -2.01. The maximum absolute atomic E-state index is 11.7. The molecular formula is C14H11O2-. The molecule has 0 spiro atoms. The third kappa shape index (κ3) is 2.23. The van der Waals surface area contributed by atoms with E-state index in [1.807, 2.05) is 24.3 Å². The number of para-hydroxylation sites is 1. The monoisotopic (exact) mass is 211 g/mol. The van der Waals surface area contributed by atoms with E-state index in [0.717, 1.165) is 5.57 Å². The number of allylic oxidation sites excluding steroid dienone is 7. The summed E-state index contributed by atoms with van der Waals surface area (Å²) in [5, 5.41) is 21.2. The number of phenols is 1. The summed E-state index contributed by atoms with van der Waals surface area (Å²) in [5.74, 6) is -0.182. The standard InChI is InChI=1S/C14H12O2/c15-13-8-4-3-7-12(13)14(16)10-9-11-5-1-2-6-11/h1-10,15-16H/p-1. The zero-order valence-corrected chi connectivity index (χ0v) is 8.63. The molecule has 0 atom stereocenters. The van der Waals surface area contributed by atoms with Crippen LogP contribution in [0.4, 0.5) is 0 Å². The fraction of sp³-hybridized carbons (Fsp3) is 0. The smallest absolute Gasteiger partial charge is 0.122 e. The van der Waals surface area contributed by atoms with Crippen LogP contribution in [0, 0.1) is 0 Å². The Morgan fingerprint density at radius 2 is 1.81 bits per heavy atom. The number of hydrogen-bond donors (Lipinski definition) is 1. The molecule has 1 aliphatic carbocycles. The zero-order valence-electron chi connectivity index (χ0n) is 8.63. The van der Waals surface area contributed by atoms with Crippen molar-refractivity contribution in [2.45, 2.75) is 0 Å². The van der Waals surface area contributed by atoms with Crippen molar-refractivity contribution in [2.24, 2.45) is 0 Å². The van der Waals surface area contributed by atoms with Crippen LogP contribution in [0.5, 0.6) is 5.75 Å². The van der Waals surface area contributed by atoms with Crippen molar-refractivity contribution in [1.82, 2.24) is 0 Å². The van der Waals surface area contributed by atoms with Gasteiger partial charge in [-0.05, 0) is 11.6 Å². The van der Waals surface area contributed by atoms with Gasteiger partial charge in [0.05, 0.1) is 0 Å². The molecule has 2 heteroatoms. The van der Waals surface area contributed by atoms with Gasteiger partial charge in [-0.1, -0.05) is 60.4 Å². The summed E-state index contributed by atoms with van der Waals surface area (Å²) < 4.78 is 0. The lowest BCUT2D eigenvalue weighted by molar-refractivity contribution is -0.243. The fourth-order valence-electron chi connectivity index (χ4n) is 1.44. The van der Waals surface area contributed by atoms with Crippen LogP contribution in [0.15, 0.2) is 66.3 Å². The summed E-state index contributed by atoms with van der Waals surface area (Å²) in [6, 6.07) is 6.52. The molecule has 2 rings (SSSR count). The van der Waals surface area contributed by atoms with Crippen molar-refractivity contribution in [3.63, 3.8) is 0 Å². The quantitative estimate of drug-likeness (QED) is 0.761. The van der Waals surface area contributed by atoms with E-state index in [2.05, 4.69) is 0 Å². The number of aromatic hydroxyl groups is 1. The summed E-state index contributed by atoms with van der Waals surface area (Å²) in [6.07, 6.45) is 10.8. The lowest BCUT2D eigenvalue weighted by atomic mass is 10.1. The molecule has 0 saturated carbocycles. The van der Waals surface area contributed by atoms with Crippen LogP contribution < -0.4 is 5.11 Å². The van der Waals surface area contributed by atoms with Gasteiger partial charge in [0.25, 0.3) is 0 Å². The molecule has 1 aromatic carbocycles. The van der Waals surface area contributed by atoms with Gasteiger partial charge in [0.1, 0.15) is 5.75 Å².